The number of hydrogen-bond donors (Lipinski definition) is 1. The van der Waals surface area contributed by atoms with E-state index >= 15 is 0 Å². The highest BCUT2D eigenvalue weighted by molar-refractivity contribution is 5.28. The van der Waals surface area contributed by atoms with Crippen LogP contribution in [-0.4, -0.2) is 14.7 Å². The molecular weight excluding hydrogens is 252 g/mol. The van der Waals surface area contributed by atoms with Crippen LogP contribution in [0.1, 0.15) is 49.6 Å². The second kappa shape index (κ2) is 5.67. The Hall–Kier alpha value is -1.81. The van der Waals surface area contributed by atoms with E-state index in [4.69, 9.17) is 4.74 Å². The van der Waals surface area contributed by atoms with Crippen molar-refractivity contribution in [3.8, 4) is 5.75 Å². The Balaban J connectivity index is 1.61. The third-order valence-corrected chi connectivity index (χ3v) is 3.72. The minimum absolute atomic E-state index is 0.389. The van der Waals surface area contributed by atoms with Gasteiger partial charge >= 0.3 is 0 Å². The van der Waals surface area contributed by atoms with Crippen LogP contribution >= 0.6 is 0 Å². The molecule has 0 bridgehead atoms. The lowest BCUT2D eigenvalue weighted by Gasteiger charge is -2.11. The maximum atomic E-state index is 9.75. The smallest absolute Gasteiger partial charge is 0.130 e. The van der Waals surface area contributed by atoms with Crippen molar-refractivity contribution in [2.75, 3.05) is 0 Å². The van der Waals surface area contributed by atoms with Gasteiger partial charge in [0.1, 0.15) is 12.4 Å². The second-order valence-corrected chi connectivity index (χ2v) is 5.31. The van der Waals surface area contributed by atoms with Crippen LogP contribution in [0.15, 0.2) is 36.8 Å². The number of aromatic nitrogens is 2. The molecular formula is C16H20N2O2. The molecule has 106 valence electrons. The van der Waals surface area contributed by atoms with E-state index in [-0.39, 0.29) is 6.10 Å². The van der Waals surface area contributed by atoms with Crippen molar-refractivity contribution < 1.29 is 9.84 Å². The van der Waals surface area contributed by atoms with Gasteiger partial charge in [-0.05, 0) is 37.0 Å². The molecule has 3 rings (SSSR count). The lowest BCUT2D eigenvalue weighted by molar-refractivity contribution is 0.173. The van der Waals surface area contributed by atoms with Crippen molar-refractivity contribution in [1.82, 2.24) is 9.55 Å². The van der Waals surface area contributed by atoms with Gasteiger partial charge < -0.3 is 14.4 Å². The van der Waals surface area contributed by atoms with E-state index in [2.05, 4.69) is 9.55 Å². The van der Waals surface area contributed by atoms with Gasteiger partial charge in [-0.1, -0.05) is 19.1 Å². The minimum atomic E-state index is -0.389. The summed E-state index contributed by atoms with van der Waals surface area (Å²) in [5.41, 5.74) is 2.05. The lowest BCUT2D eigenvalue weighted by atomic mass is 10.1. The Morgan fingerprint density at radius 1 is 1.35 bits per heavy atom. The summed E-state index contributed by atoms with van der Waals surface area (Å²) >= 11 is 0. The molecule has 4 nitrogen and oxygen atoms in total. The zero-order chi connectivity index (χ0) is 13.9. The van der Waals surface area contributed by atoms with Crippen LogP contribution < -0.4 is 4.74 Å². The highest BCUT2D eigenvalue weighted by Gasteiger charge is 2.25. The first kappa shape index (κ1) is 13.2. The lowest BCUT2D eigenvalue weighted by Crippen LogP contribution is -2.03. The van der Waals surface area contributed by atoms with E-state index in [1.165, 1.54) is 12.8 Å². The molecule has 1 aliphatic carbocycles. The summed E-state index contributed by atoms with van der Waals surface area (Å²) in [6.45, 7) is 2.50. The van der Waals surface area contributed by atoms with Crippen LogP contribution in [0.5, 0.6) is 5.75 Å². The normalized spacial score (nSPS) is 16.1. The van der Waals surface area contributed by atoms with E-state index in [0.29, 0.717) is 12.6 Å². The average Bonchev–Trinajstić information content (AvgIpc) is 3.23. The van der Waals surface area contributed by atoms with Crippen LogP contribution in [0.3, 0.4) is 0 Å². The molecule has 1 saturated carbocycles. The van der Waals surface area contributed by atoms with E-state index in [1.54, 1.807) is 0 Å². The molecule has 0 saturated heterocycles. The van der Waals surface area contributed by atoms with Crippen molar-refractivity contribution in [2.24, 2.45) is 0 Å². The average molecular weight is 272 g/mol. The van der Waals surface area contributed by atoms with E-state index in [9.17, 15) is 5.11 Å². The third kappa shape index (κ3) is 2.85. The highest BCUT2D eigenvalue weighted by Crippen LogP contribution is 2.35. The predicted molar refractivity (Wildman–Crippen MR) is 76.5 cm³/mol. The molecule has 4 heteroatoms. The summed E-state index contributed by atoms with van der Waals surface area (Å²) in [6.07, 6.45) is 6.58. The highest BCUT2D eigenvalue weighted by atomic mass is 16.5. The fraction of sp³-hybridized carbons (Fsp3) is 0.438. The Morgan fingerprint density at radius 2 is 2.10 bits per heavy atom. The van der Waals surface area contributed by atoms with Crippen LogP contribution in [-0.2, 0) is 6.61 Å². The van der Waals surface area contributed by atoms with Gasteiger partial charge in [0.15, 0.2) is 0 Å². The quantitative estimate of drug-likeness (QED) is 0.878. The largest absolute Gasteiger partial charge is 0.487 e. The van der Waals surface area contributed by atoms with Crippen LogP contribution in [0.25, 0.3) is 0 Å². The number of hydrogen-bond acceptors (Lipinski definition) is 3. The van der Waals surface area contributed by atoms with Crippen molar-refractivity contribution in [3.05, 3.63) is 48.0 Å². The summed E-state index contributed by atoms with van der Waals surface area (Å²) in [4.78, 5) is 4.19. The fourth-order valence-electron chi connectivity index (χ4n) is 2.30. The zero-order valence-electron chi connectivity index (χ0n) is 11.7. The van der Waals surface area contributed by atoms with Gasteiger partial charge in [-0.25, -0.2) is 4.98 Å². The van der Waals surface area contributed by atoms with Gasteiger partial charge in [0.2, 0.25) is 0 Å². The topological polar surface area (TPSA) is 47.3 Å². The number of aliphatic hydroxyl groups excluding tert-OH is 1. The molecule has 0 aliphatic heterocycles. The standard InChI is InChI=1S/C16H20N2O2/c1-2-16(19)12-3-7-15(8-4-12)20-10-14-9-17-11-18(14)13-5-6-13/h3-4,7-9,11,13,16,19H,2,5-6,10H2,1H3/t16-/m0/s1. The van der Waals surface area contributed by atoms with Crippen LogP contribution in [0.4, 0.5) is 0 Å². The SMILES string of the molecule is CC[C@H](O)c1ccc(OCc2cncn2C2CC2)cc1. The minimum Gasteiger partial charge on any atom is -0.487 e. The maximum Gasteiger partial charge on any atom is 0.130 e. The Morgan fingerprint density at radius 3 is 2.75 bits per heavy atom. The van der Waals surface area contributed by atoms with Crippen LogP contribution in [0, 0.1) is 0 Å². The fourth-order valence-corrected chi connectivity index (χ4v) is 2.30. The molecule has 1 N–H and O–H groups in total. The summed E-state index contributed by atoms with van der Waals surface area (Å²) in [7, 11) is 0. The molecule has 0 spiro atoms. The Labute approximate surface area is 119 Å². The van der Waals surface area contributed by atoms with E-state index in [1.807, 2.05) is 43.7 Å². The first-order chi connectivity index (χ1) is 9.78. The van der Waals surface area contributed by atoms with Gasteiger partial charge in [-0.2, -0.15) is 0 Å². The number of aliphatic hydroxyl groups is 1. The number of rotatable bonds is 6. The summed E-state index contributed by atoms with van der Waals surface area (Å²) < 4.78 is 8.00. The monoisotopic (exact) mass is 272 g/mol. The van der Waals surface area contributed by atoms with E-state index in [0.717, 1.165) is 23.4 Å². The van der Waals surface area contributed by atoms with Crippen LogP contribution in [0.2, 0.25) is 0 Å². The van der Waals surface area contributed by atoms with E-state index < -0.39 is 0 Å². The van der Waals surface area contributed by atoms with Crippen molar-refractivity contribution in [2.45, 2.75) is 44.9 Å². The number of benzene rings is 1. The molecule has 20 heavy (non-hydrogen) atoms. The molecule has 1 aliphatic rings. The molecule has 1 heterocycles. The van der Waals surface area contributed by atoms with Gasteiger partial charge in [0, 0.05) is 6.04 Å². The van der Waals surface area contributed by atoms with Gasteiger partial charge in [-0.3, -0.25) is 0 Å². The molecule has 1 aromatic heterocycles. The zero-order valence-corrected chi connectivity index (χ0v) is 11.7. The van der Waals surface area contributed by atoms with Gasteiger partial charge in [0.05, 0.1) is 24.3 Å². The molecule has 0 unspecified atom stereocenters. The maximum absolute atomic E-state index is 9.75. The predicted octanol–water partition coefficient (Wildman–Crippen LogP) is 3.24. The molecule has 0 amide bonds. The first-order valence-electron chi connectivity index (χ1n) is 7.19. The Kier molecular flexibility index (Phi) is 3.74. The first-order valence-corrected chi connectivity index (χ1v) is 7.19. The summed E-state index contributed by atoms with van der Waals surface area (Å²) in [5.74, 6) is 0.820. The summed E-state index contributed by atoms with van der Waals surface area (Å²) in [5, 5.41) is 9.75. The molecule has 1 atom stereocenters. The van der Waals surface area contributed by atoms with Crippen molar-refractivity contribution in [3.63, 3.8) is 0 Å². The number of nitrogens with zero attached hydrogens (tertiary/aromatic N) is 2. The summed E-state index contributed by atoms with van der Waals surface area (Å²) in [6, 6.07) is 8.28. The van der Waals surface area contributed by atoms with Crippen molar-refractivity contribution in [1.29, 1.82) is 0 Å². The molecule has 1 aromatic carbocycles. The second-order valence-electron chi connectivity index (χ2n) is 5.31. The third-order valence-electron chi connectivity index (χ3n) is 3.72. The number of imidazole rings is 1. The van der Waals surface area contributed by atoms with Crippen molar-refractivity contribution >= 4 is 0 Å². The number of ether oxygens (including phenoxy) is 1. The Bertz CT molecular complexity index is 558. The molecule has 2 aromatic rings. The molecule has 0 radical (unpaired) electrons. The molecule has 1 fully saturated rings. The van der Waals surface area contributed by atoms with Gasteiger partial charge in [-0.15, -0.1) is 0 Å². The van der Waals surface area contributed by atoms with Gasteiger partial charge in [0.25, 0.3) is 0 Å².